The second-order valence-corrected chi connectivity index (χ2v) is 8.79. The van der Waals surface area contributed by atoms with Gasteiger partial charge >= 0.3 is 0 Å². The molecule has 0 aromatic heterocycles. The highest BCUT2D eigenvalue weighted by Crippen LogP contribution is 2.35. The van der Waals surface area contributed by atoms with Crippen molar-refractivity contribution in [3.63, 3.8) is 0 Å². The molecule has 2 aromatic carbocycles. The number of ketones is 1. The maximum atomic E-state index is 13.7. The lowest BCUT2D eigenvalue weighted by Gasteiger charge is -2.17. The fourth-order valence-corrected chi connectivity index (χ4v) is 4.37. The van der Waals surface area contributed by atoms with Gasteiger partial charge in [-0.15, -0.1) is 6.58 Å². The Morgan fingerprint density at radius 3 is 2.39 bits per heavy atom. The second-order valence-electron chi connectivity index (χ2n) is 8.26. The van der Waals surface area contributed by atoms with Crippen molar-refractivity contribution in [1.29, 1.82) is 0 Å². The number of benzene rings is 2. The minimum Gasteiger partial charge on any atom is -0.293 e. The van der Waals surface area contributed by atoms with E-state index in [2.05, 4.69) is 57.3 Å². The van der Waals surface area contributed by atoms with E-state index in [1.165, 1.54) is 5.56 Å². The highest BCUT2D eigenvalue weighted by atomic mass is 32.1. The Bertz CT molecular complexity index is 1080. The zero-order valence-electron chi connectivity index (χ0n) is 20.5. The van der Waals surface area contributed by atoms with Crippen molar-refractivity contribution in [2.75, 3.05) is 0 Å². The Kier molecular flexibility index (Phi) is 10.4. The number of allylic oxidation sites excluding steroid dienone is 4. The summed E-state index contributed by atoms with van der Waals surface area (Å²) in [6, 6.07) is 14.5. The maximum absolute atomic E-state index is 13.7. The molecule has 172 valence electrons. The standard InChI is InChI=1S/C27H28OS.C4H8/c1-5-20-12-11-19(16-22(20)7-3)17-24-21(6-2)13-14-25(29)26(27(24)28)23-10-8-9-18(4)15-23;1-3-4-2/h6-12,15-17,26H,3,5,13-14H2,1-2,4H3;3H,1,4H2,2H3/b21-6+,24-17+;. The Balaban J connectivity index is 0.000000890. The van der Waals surface area contributed by atoms with Crippen LogP contribution in [0.3, 0.4) is 0 Å². The van der Waals surface area contributed by atoms with Crippen LogP contribution < -0.4 is 0 Å². The predicted octanol–water partition coefficient (Wildman–Crippen LogP) is 8.63. The van der Waals surface area contributed by atoms with Crippen LogP contribution in [0.2, 0.25) is 0 Å². The molecule has 0 N–H and O–H groups in total. The van der Waals surface area contributed by atoms with Gasteiger partial charge in [0.1, 0.15) is 0 Å². The topological polar surface area (TPSA) is 17.1 Å². The summed E-state index contributed by atoms with van der Waals surface area (Å²) < 4.78 is 0. The minimum atomic E-state index is -0.359. The minimum absolute atomic E-state index is 0.103. The Morgan fingerprint density at radius 1 is 1.09 bits per heavy atom. The van der Waals surface area contributed by atoms with E-state index in [4.69, 9.17) is 12.2 Å². The molecule has 1 aliphatic carbocycles. The molecule has 33 heavy (non-hydrogen) atoms. The van der Waals surface area contributed by atoms with Gasteiger partial charge < -0.3 is 0 Å². The zero-order valence-corrected chi connectivity index (χ0v) is 21.3. The molecule has 1 saturated carbocycles. The monoisotopic (exact) mass is 456 g/mol. The molecule has 1 aliphatic rings. The van der Waals surface area contributed by atoms with Crippen LogP contribution in [0.15, 0.2) is 78.9 Å². The van der Waals surface area contributed by atoms with Crippen LogP contribution in [0, 0.1) is 6.92 Å². The third-order valence-electron chi connectivity index (χ3n) is 5.93. The van der Waals surface area contributed by atoms with E-state index in [-0.39, 0.29) is 11.7 Å². The molecular formula is C31H36OS. The summed E-state index contributed by atoms with van der Waals surface area (Å²) in [5.74, 6) is -0.256. The number of aryl methyl sites for hydroxylation is 2. The third-order valence-corrected chi connectivity index (χ3v) is 6.37. The van der Waals surface area contributed by atoms with Crippen LogP contribution in [0.1, 0.15) is 73.8 Å². The molecule has 0 heterocycles. The first-order chi connectivity index (χ1) is 15.9. The summed E-state index contributed by atoms with van der Waals surface area (Å²) in [5, 5.41) is 0. The lowest BCUT2D eigenvalue weighted by Crippen LogP contribution is -2.20. The van der Waals surface area contributed by atoms with Gasteiger partial charge in [0.2, 0.25) is 0 Å². The summed E-state index contributed by atoms with van der Waals surface area (Å²) in [6.45, 7) is 15.7. The van der Waals surface area contributed by atoms with Gasteiger partial charge in [0, 0.05) is 10.4 Å². The zero-order chi connectivity index (χ0) is 24.4. The van der Waals surface area contributed by atoms with Gasteiger partial charge in [0.05, 0.1) is 5.92 Å². The van der Waals surface area contributed by atoms with E-state index >= 15 is 0 Å². The Labute approximate surface area is 205 Å². The first-order valence-corrected chi connectivity index (χ1v) is 12.2. The molecule has 0 bridgehead atoms. The number of thiocarbonyl (C=S) groups is 1. The normalized spacial score (nSPS) is 18.5. The third kappa shape index (κ3) is 6.82. The van der Waals surface area contributed by atoms with E-state index in [0.29, 0.717) is 0 Å². The molecule has 0 radical (unpaired) electrons. The molecule has 0 saturated heterocycles. The van der Waals surface area contributed by atoms with Gasteiger partial charge in [-0.1, -0.05) is 92.8 Å². The average molecular weight is 457 g/mol. The van der Waals surface area contributed by atoms with Crippen molar-refractivity contribution in [1.82, 2.24) is 0 Å². The van der Waals surface area contributed by atoms with E-state index in [0.717, 1.165) is 63.9 Å². The molecule has 1 atom stereocenters. The Hall–Kier alpha value is -2.84. The van der Waals surface area contributed by atoms with E-state index < -0.39 is 0 Å². The first kappa shape index (κ1) is 26.4. The molecule has 2 heteroatoms. The SMILES string of the molecule is C=CCC.C=Cc1cc(/C=C2/C(=O)C(c3cccc(C)c3)C(=S)CC/C2=C\C)ccc1CC. The smallest absolute Gasteiger partial charge is 0.175 e. The van der Waals surface area contributed by atoms with Gasteiger partial charge in [0.15, 0.2) is 5.78 Å². The summed E-state index contributed by atoms with van der Waals surface area (Å²) in [5.41, 5.74) is 7.40. The number of rotatable bonds is 5. The number of carbonyl (C=O) groups is 1. The molecule has 3 rings (SSSR count). The van der Waals surface area contributed by atoms with Crippen LogP contribution in [0.5, 0.6) is 0 Å². The summed E-state index contributed by atoms with van der Waals surface area (Å²) >= 11 is 5.72. The summed E-state index contributed by atoms with van der Waals surface area (Å²) in [7, 11) is 0. The number of carbonyl (C=O) groups excluding carboxylic acids is 1. The van der Waals surface area contributed by atoms with Crippen molar-refractivity contribution in [3.05, 3.63) is 107 Å². The average Bonchev–Trinajstić information content (AvgIpc) is 2.94. The molecule has 0 amide bonds. The molecule has 1 nitrogen and oxygen atoms in total. The summed E-state index contributed by atoms with van der Waals surface area (Å²) in [6.07, 6.45) is 11.4. The van der Waals surface area contributed by atoms with E-state index in [1.807, 2.05) is 50.3 Å². The van der Waals surface area contributed by atoms with Crippen molar-refractivity contribution in [2.45, 2.75) is 59.3 Å². The maximum Gasteiger partial charge on any atom is 0.175 e. The molecule has 1 fully saturated rings. The fraction of sp³-hybridized carbons (Fsp3) is 0.290. The molecule has 0 aliphatic heterocycles. The van der Waals surface area contributed by atoms with Crippen molar-refractivity contribution in [3.8, 4) is 0 Å². The number of Topliss-reactive ketones (excluding diaryl/α,β-unsaturated/α-hetero) is 1. The largest absolute Gasteiger partial charge is 0.293 e. The van der Waals surface area contributed by atoms with Crippen molar-refractivity contribution >= 4 is 35.0 Å². The number of hydrogen-bond donors (Lipinski definition) is 0. The first-order valence-electron chi connectivity index (χ1n) is 11.8. The predicted molar refractivity (Wildman–Crippen MR) is 149 cm³/mol. The lowest BCUT2D eigenvalue weighted by atomic mass is 9.86. The van der Waals surface area contributed by atoms with Crippen molar-refractivity contribution < 1.29 is 4.79 Å². The molecule has 2 aromatic rings. The van der Waals surface area contributed by atoms with Crippen LogP contribution in [0.4, 0.5) is 0 Å². The summed E-state index contributed by atoms with van der Waals surface area (Å²) in [4.78, 5) is 14.5. The van der Waals surface area contributed by atoms with E-state index in [9.17, 15) is 4.79 Å². The van der Waals surface area contributed by atoms with Crippen LogP contribution in [-0.4, -0.2) is 10.6 Å². The second kappa shape index (κ2) is 13.0. The van der Waals surface area contributed by atoms with Crippen LogP contribution in [0.25, 0.3) is 12.2 Å². The quantitative estimate of drug-likeness (QED) is 0.194. The number of hydrogen-bond acceptors (Lipinski definition) is 2. The highest BCUT2D eigenvalue weighted by Gasteiger charge is 2.32. The lowest BCUT2D eigenvalue weighted by molar-refractivity contribution is -0.115. The fourth-order valence-electron chi connectivity index (χ4n) is 4.03. The van der Waals surface area contributed by atoms with E-state index in [1.54, 1.807) is 0 Å². The van der Waals surface area contributed by atoms with Crippen LogP contribution >= 0.6 is 12.2 Å². The molecule has 0 spiro atoms. The van der Waals surface area contributed by atoms with Gasteiger partial charge in [-0.3, -0.25) is 4.79 Å². The van der Waals surface area contributed by atoms with Gasteiger partial charge in [-0.25, -0.2) is 0 Å². The van der Waals surface area contributed by atoms with Gasteiger partial charge in [0.25, 0.3) is 0 Å². The van der Waals surface area contributed by atoms with Crippen LogP contribution in [-0.2, 0) is 11.2 Å². The molecular weight excluding hydrogens is 420 g/mol. The van der Waals surface area contributed by atoms with Gasteiger partial charge in [-0.05, 0) is 79.5 Å². The Morgan fingerprint density at radius 2 is 1.82 bits per heavy atom. The highest BCUT2D eigenvalue weighted by molar-refractivity contribution is 7.80. The van der Waals surface area contributed by atoms with Gasteiger partial charge in [-0.2, -0.15) is 0 Å². The molecule has 1 unspecified atom stereocenters. The van der Waals surface area contributed by atoms with Crippen molar-refractivity contribution in [2.24, 2.45) is 0 Å².